The monoisotopic (exact) mass is 204 g/mol. The van der Waals surface area contributed by atoms with Gasteiger partial charge in [-0.2, -0.15) is 0 Å². The second kappa shape index (κ2) is 5.82. The summed E-state index contributed by atoms with van der Waals surface area (Å²) in [6, 6.07) is 0. The lowest BCUT2D eigenvalue weighted by molar-refractivity contribution is 0.608. The van der Waals surface area contributed by atoms with E-state index in [1.54, 1.807) is 0 Å². The van der Waals surface area contributed by atoms with Gasteiger partial charge in [0.1, 0.15) is 14.6 Å². The average Bonchev–Trinajstić information content (AvgIpc) is 2.14. The quantitative estimate of drug-likeness (QED) is 0.419. The third kappa shape index (κ3) is 6.12. The van der Waals surface area contributed by atoms with Crippen molar-refractivity contribution in [2.24, 2.45) is 0 Å². The summed E-state index contributed by atoms with van der Waals surface area (Å²) in [5.74, 6) is 0. The molecule has 0 aromatic carbocycles. The zero-order valence-corrected chi connectivity index (χ0v) is 11.5. The summed E-state index contributed by atoms with van der Waals surface area (Å²) in [7, 11) is 4.79. The van der Waals surface area contributed by atoms with Crippen LogP contribution >= 0.6 is 0 Å². The summed E-state index contributed by atoms with van der Waals surface area (Å²) < 4.78 is 0. The van der Waals surface area contributed by atoms with Crippen LogP contribution in [0.2, 0.25) is 23.8 Å². The van der Waals surface area contributed by atoms with Crippen molar-refractivity contribution in [3.63, 3.8) is 0 Å². The van der Waals surface area contributed by atoms with Gasteiger partial charge in [0.25, 0.3) is 0 Å². The molecule has 0 saturated heterocycles. The van der Waals surface area contributed by atoms with Crippen LogP contribution in [0.5, 0.6) is 0 Å². The highest BCUT2D eigenvalue weighted by Crippen LogP contribution is 2.40. The fourth-order valence-corrected chi connectivity index (χ4v) is 1.64. The van der Waals surface area contributed by atoms with Gasteiger partial charge in [0.05, 0.1) is 0 Å². The Labute approximate surface area is 98.4 Å². The van der Waals surface area contributed by atoms with Crippen LogP contribution in [0.1, 0.15) is 47.5 Å². The lowest BCUT2D eigenvalue weighted by Crippen LogP contribution is -2.22. The maximum Gasteiger partial charge on any atom is 0.116 e. The van der Waals surface area contributed by atoms with Gasteiger partial charge in [0.15, 0.2) is 0 Å². The van der Waals surface area contributed by atoms with E-state index in [1.165, 1.54) is 12.0 Å². The van der Waals surface area contributed by atoms with E-state index in [2.05, 4.69) is 62.6 Å². The van der Waals surface area contributed by atoms with E-state index in [-0.39, 0.29) is 5.31 Å². The van der Waals surface area contributed by atoms with Crippen LogP contribution in [-0.4, -0.2) is 14.6 Å². The largest absolute Gasteiger partial charge is 0.116 e. The van der Waals surface area contributed by atoms with Crippen molar-refractivity contribution in [3.05, 3.63) is 12.2 Å². The summed E-state index contributed by atoms with van der Waals surface area (Å²) >= 11 is 0. The Balaban J connectivity index is 4.26. The summed E-state index contributed by atoms with van der Waals surface area (Å²) in [6.07, 6.45) is 3.46. The first-order valence-electron chi connectivity index (χ1n) is 6.04. The molecule has 2 radical (unpaired) electrons. The molecular weight excluding hydrogens is 178 g/mol. The Hall–Kier alpha value is -0.130. The molecule has 0 rings (SSSR count). The lowest BCUT2D eigenvalue weighted by atomic mass is 9.39. The number of rotatable bonds is 7. The van der Waals surface area contributed by atoms with Crippen LogP contribution in [-0.2, 0) is 0 Å². The fourth-order valence-electron chi connectivity index (χ4n) is 1.64. The van der Waals surface area contributed by atoms with Crippen molar-refractivity contribution >= 4 is 14.6 Å². The van der Waals surface area contributed by atoms with Gasteiger partial charge in [-0.15, -0.1) is 6.58 Å². The molecule has 0 bridgehead atoms. The van der Waals surface area contributed by atoms with Crippen molar-refractivity contribution in [2.75, 3.05) is 0 Å². The van der Waals surface area contributed by atoms with Crippen LogP contribution in [0, 0.1) is 0 Å². The van der Waals surface area contributed by atoms with Gasteiger partial charge in [-0.05, 0) is 13.3 Å². The van der Waals surface area contributed by atoms with Gasteiger partial charge < -0.3 is 0 Å². The third-order valence-corrected chi connectivity index (χ3v) is 3.43. The van der Waals surface area contributed by atoms with Crippen molar-refractivity contribution < 1.29 is 0 Å². The number of hydrogen-bond donors (Lipinski definition) is 0. The van der Waals surface area contributed by atoms with Crippen LogP contribution in [0.3, 0.4) is 0 Å². The molecule has 0 aliphatic heterocycles. The summed E-state index contributed by atoms with van der Waals surface area (Å²) in [5.41, 5.74) is 1.28. The van der Waals surface area contributed by atoms with E-state index in [0.29, 0.717) is 5.31 Å². The SMILES string of the molecule is C=C(C)CC(C)([B]C)C[B]C(C)(C)CC. The van der Waals surface area contributed by atoms with E-state index in [1.807, 2.05) is 0 Å². The minimum Gasteiger partial charge on any atom is -0.100 e. The third-order valence-electron chi connectivity index (χ3n) is 3.43. The van der Waals surface area contributed by atoms with Crippen molar-refractivity contribution in [1.29, 1.82) is 0 Å². The second-order valence-electron chi connectivity index (χ2n) is 5.83. The molecule has 0 aliphatic rings. The van der Waals surface area contributed by atoms with Gasteiger partial charge in [-0.1, -0.05) is 63.5 Å². The maximum atomic E-state index is 4.02. The predicted octanol–water partition coefficient (Wildman–Crippen LogP) is 4.61. The second-order valence-corrected chi connectivity index (χ2v) is 5.83. The Morgan fingerprint density at radius 2 is 1.80 bits per heavy atom. The minimum atomic E-state index is 0.290. The van der Waals surface area contributed by atoms with E-state index in [9.17, 15) is 0 Å². The first-order valence-corrected chi connectivity index (χ1v) is 6.04. The van der Waals surface area contributed by atoms with Crippen LogP contribution in [0.15, 0.2) is 12.2 Å². The molecule has 0 fully saturated rings. The van der Waals surface area contributed by atoms with Crippen molar-refractivity contribution in [3.8, 4) is 0 Å². The summed E-state index contributed by atoms with van der Waals surface area (Å²) in [5, 5.41) is 0.650. The van der Waals surface area contributed by atoms with Crippen LogP contribution < -0.4 is 0 Å². The van der Waals surface area contributed by atoms with Gasteiger partial charge in [0.2, 0.25) is 0 Å². The minimum absolute atomic E-state index is 0.290. The lowest BCUT2D eigenvalue weighted by Gasteiger charge is -2.32. The normalized spacial score (nSPS) is 15.6. The van der Waals surface area contributed by atoms with Gasteiger partial charge >= 0.3 is 0 Å². The highest BCUT2D eigenvalue weighted by Gasteiger charge is 2.26. The van der Waals surface area contributed by atoms with Crippen molar-refractivity contribution in [2.45, 2.75) is 71.2 Å². The summed E-state index contributed by atoms with van der Waals surface area (Å²) in [6.45, 7) is 17.5. The Kier molecular flexibility index (Phi) is 5.77. The average molecular weight is 204 g/mol. The molecule has 1 atom stereocenters. The van der Waals surface area contributed by atoms with Crippen LogP contribution in [0.25, 0.3) is 0 Å². The molecule has 2 heteroatoms. The highest BCUT2D eigenvalue weighted by molar-refractivity contribution is 6.46. The molecule has 0 nitrogen and oxygen atoms in total. The zero-order chi connectivity index (χ0) is 12.1. The molecule has 0 saturated carbocycles. The fraction of sp³-hybridized carbons (Fsp3) is 0.846. The van der Waals surface area contributed by atoms with E-state index >= 15 is 0 Å². The molecule has 0 heterocycles. The maximum absolute atomic E-state index is 4.02. The molecule has 0 spiro atoms. The Morgan fingerprint density at radius 3 is 2.13 bits per heavy atom. The molecule has 0 amide bonds. The first-order chi connectivity index (χ1) is 6.74. The zero-order valence-electron chi connectivity index (χ0n) is 11.5. The Morgan fingerprint density at radius 1 is 1.27 bits per heavy atom. The van der Waals surface area contributed by atoms with E-state index in [4.69, 9.17) is 0 Å². The van der Waals surface area contributed by atoms with Gasteiger partial charge in [0, 0.05) is 0 Å². The standard InChI is InChI=1S/C13H26B2/c1-8-12(4,5)15-10-13(6,14-7)9-11(2)3/h2,8-10H2,1,3-7H3. The molecule has 0 aromatic heterocycles. The highest BCUT2D eigenvalue weighted by atomic mass is 14.2. The summed E-state index contributed by atoms with van der Waals surface area (Å²) in [4.78, 5) is 0. The van der Waals surface area contributed by atoms with E-state index in [0.717, 1.165) is 12.7 Å². The van der Waals surface area contributed by atoms with E-state index < -0.39 is 0 Å². The molecule has 84 valence electrons. The number of allylic oxidation sites excluding steroid dienone is 1. The molecule has 0 N–H and O–H groups in total. The molecule has 0 aliphatic carbocycles. The smallest absolute Gasteiger partial charge is 0.100 e. The Bertz CT molecular complexity index is 209. The van der Waals surface area contributed by atoms with Crippen LogP contribution in [0.4, 0.5) is 0 Å². The molecular formula is C13H26B2. The van der Waals surface area contributed by atoms with Crippen molar-refractivity contribution in [1.82, 2.24) is 0 Å². The van der Waals surface area contributed by atoms with Gasteiger partial charge in [-0.25, -0.2) is 0 Å². The molecule has 15 heavy (non-hydrogen) atoms. The predicted molar refractivity (Wildman–Crippen MR) is 74.3 cm³/mol. The first kappa shape index (κ1) is 14.9. The topological polar surface area (TPSA) is 0 Å². The molecule has 1 unspecified atom stereocenters. The van der Waals surface area contributed by atoms with Gasteiger partial charge in [-0.3, -0.25) is 0 Å². The number of hydrogen-bond acceptors (Lipinski definition) is 0. The molecule has 0 aromatic rings.